The Morgan fingerprint density at radius 1 is 1.14 bits per heavy atom. The molecule has 0 radical (unpaired) electrons. The molecule has 0 unspecified atom stereocenters. The van der Waals surface area contributed by atoms with Gasteiger partial charge >= 0.3 is 6.08 Å². The van der Waals surface area contributed by atoms with Crippen molar-refractivity contribution in [1.82, 2.24) is 24.9 Å². The van der Waals surface area contributed by atoms with Gasteiger partial charge in [0.1, 0.15) is 29.2 Å². The quantitative estimate of drug-likeness (QED) is 0.286. The second kappa shape index (κ2) is 13.2. The zero-order valence-corrected chi connectivity index (χ0v) is 31.1. The molecule has 15 heteroatoms. The molecule has 3 amide bonds. The van der Waals surface area contributed by atoms with E-state index in [2.05, 4.69) is 41.1 Å². The predicted octanol–water partition coefficient (Wildman–Crippen LogP) is 4.80. The molecule has 4 aliphatic rings. The minimum Gasteiger partial charge on any atom is -0.445 e. The fourth-order valence-corrected chi connectivity index (χ4v) is 9.13. The van der Waals surface area contributed by atoms with Crippen molar-refractivity contribution < 1.29 is 32.0 Å². The molecule has 0 spiro atoms. The van der Waals surface area contributed by atoms with E-state index in [1.165, 1.54) is 16.2 Å². The zero-order valence-electron chi connectivity index (χ0n) is 29.4. The third-order valence-corrected chi connectivity index (χ3v) is 13.5. The number of oxazole rings is 1. The number of aromatic nitrogens is 2. The number of carbonyl (C=O) groups is 3. The second-order valence-corrected chi connectivity index (χ2v) is 18.7. The van der Waals surface area contributed by atoms with Crippen LogP contribution < -0.4 is 20.1 Å². The molecule has 13 nitrogen and oxygen atoms in total. The van der Waals surface area contributed by atoms with Gasteiger partial charge in [-0.3, -0.25) is 19.1 Å². The number of para-hydroxylation sites is 2. The van der Waals surface area contributed by atoms with E-state index in [1.807, 2.05) is 29.7 Å². The lowest BCUT2D eigenvalue weighted by Gasteiger charge is -2.30. The number of rotatable bonds is 7. The molecule has 1 saturated heterocycles. The third kappa shape index (κ3) is 7.24. The summed E-state index contributed by atoms with van der Waals surface area (Å²) in [5.74, 6) is -1.97. The summed E-state index contributed by atoms with van der Waals surface area (Å²) in [5, 5.41) is 8.92. The number of hydrogen-bond donors (Lipinski definition) is 3. The number of allylic oxidation sites excluding steroid dienone is 1. The van der Waals surface area contributed by atoms with E-state index in [0.717, 1.165) is 31.4 Å². The summed E-state index contributed by atoms with van der Waals surface area (Å²) >= 11 is 1.44. The summed E-state index contributed by atoms with van der Waals surface area (Å²) in [4.78, 5) is 53.4. The van der Waals surface area contributed by atoms with Crippen LogP contribution in [0.3, 0.4) is 0 Å². The number of nitrogens with one attached hydrogen (secondary N) is 3. The summed E-state index contributed by atoms with van der Waals surface area (Å²) in [5.41, 5.74) is 0.459. The zero-order chi connectivity index (χ0) is 36.2. The molecule has 51 heavy (non-hydrogen) atoms. The molecule has 3 N–H and O–H groups in total. The average molecular weight is 739 g/mol. The van der Waals surface area contributed by atoms with Crippen LogP contribution in [0.25, 0.3) is 11.1 Å². The van der Waals surface area contributed by atoms with Gasteiger partial charge in [-0.1, -0.05) is 57.9 Å². The number of anilines is 1. The van der Waals surface area contributed by atoms with Crippen LogP contribution in [0.4, 0.5) is 5.13 Å². The molecule has 3 aromatic rings. The summed E-state index contributed by atoms with van der Waals surface area (Å²) in [7, 11) is -3.95. The van der Waals surface area contributed by atoms with E-state index in [1.54, 1.807) is 19.1 Å². The first-order valence-electron chi connectivity index (χ1n) is 17.8. The molecule has 274 valence electrons. The van der Waals surface area contributed by atoms with Crippen molar-refractivity contribution in [2.24, 2.45) is 5.92 Å². The summed E-state index contributed by atoms with van der Waals surface area (Å²) in [6.07, 6.45) is 8.40. The Kier molecular flexibility index (Phi) is 9.18. The molecule has 2 saturated carbocycles. The van der Waals surface area contributed by atoms with E-state index >= 15 is 0 Å². The maximum absolute atomic E-state index is 14.6. The van der Waals surface area contributed by atoms with Crippen molar-refractivity contribution in [1.29, 1.82) is 0 Å². The van der Waals surface area contributed by atoms with Gasteiger partial charge < -0.3 is 24.7 Å². The van der Waals surface area contributed by atoms with Gasteiger partial charge in [0.15, 0.2) is 10.7 Å². The largest absolute Gasteiger partial charge is 0.445 e. The van der Waals surface area contributed by atoms with Gasteiger partial charge in [-0.2, -0.15) is 4.98 Å². The Bertz CT molecular complexity index is 1930. The monoisotopic (exact) mass is 738 g/mol. The van der Waals surface area contributed by atoms with Gasteiger partial charge in [-0.15, -0.1) is 11.3 Å². The van der Waals surface area contributed by atoms with Gasteiger partial charge in [0.25, 0.3) is 5.91 Å². The number of nitrogens with zero attached hydrogens (tertiary/aromatic N) is 3. The second-order valence-electron chi connectivity index (χ2n) is 15.6. The molecule has 2 aromatic heterocycles. The molecular weight excluding hydrogens is 693 g/mol. The minimum absolute atomic E-state index is 0.0333. The van der Waals surface area contributed by atoms with Crippen molar-refractivity contribution in [3.63, 3.8) is 0 Å². The number of sulfonamides is 1. The van der Waals surface area contributed by atoms with Crippen molar-refractivity contribution in [3.8, 4) is 6.08 Å². The highest BCUT2D eigenvalue weighted by atomic mass is 32.2. The number of benzene rings is 1. The van der Waals surface area contributed by atoms with Crippen LogP contribution in [0, 0.1) is 5.92 Å². The topological polar surface area (TPSA) is 173 Å². The lowest BCUT2D eigenvalue weighted by Crippen LogP contribution is -2.58. The average Bonchev–Trinajstić information content (AvgIpc) is 3.73. The molecule has 2 aliphatic carbocycles. The predicted molar refractivity (Wildman–Crippen MR) is 193 cm³/mol. The lowest BCUT2D eigenvalue weighted by atomic mass is 9.93. The van der Waals surface area contributed by atoms with Crippen LogP contribution in [0.15, 0.2) is 46.2 Å². The van der Waals surface area contributed by atoms with Crippen molar-refractivity contribution >= 4 is 55.3 Å². The van der Waals surface area contributed by atoms with Gasteiger partial charge in [-0.05, 0) is 57.6 Å². The molecule has 5 atom stereocenters. The van der Waals surface area contributed by atoms with Crippen LogP contribution in [0.1, 0.15) is 91.2 Å². The molecular formula is C36H46N6O7S2. The van der Waals surface area contributed by atoms with Crippen molar-refractivity contribution in [2.45, 2.75) is 119 Å². The highest BCUT2D eigenvalue weighted by Crippen LogP contribution is 2.47. The fourth-order valence-electron chi connectivity index (χ4n) is 6.82. The number of thiazole rings is 1. The van der Waals surface area contributed by atoms with Crippen LogP contribution in [-0.2, 0) is 29.8 Å². The first-order valence-corrected chi connectivity index (χ1v) is 20.1. The molecule has 0 bridgehead atoms. The van der Waals surface area contributed by atoms with E-state index < -0.39 is 50.3 Å². The van der Waals surface area contributed by atoms with Crippen molar-refractivity contribution in [2.75, 3.05) is 11.9 Å². The van der Waals surface area contributed by atoms with Gasteiger partial charge in [-0.25, -0.2) is 13.4 Å². The normalized spacial score (nSPS) is 28.8. The highest BCUT2D eigenvalue weighted by molar-refractivity contribution is 7.91. The Morgan fingerprint density at radius 2 is 1.92 bits per heavy atom. The molecule has 2 aliphatic heterocycles. The van der Waals surface area contributed by atoms with Crippen LogP contribution in [-0.4, -0.2) is 76.0 Å². The Morgan fingerprint density at radius 3 is 2.65 bits per heavy atom. The lowest BCUT2D eigenvalue weighted by molar-refractivity contribution is -0.140. The summed E-state index contributed by atoms with van der Waals surface area (Å²) in [6, 6.07) is 5.57. The van der Waals surface area contributed by atoms with Gasteiger partial charge in [0, 0.05) is 23.1 Å². The highest BCUT2D eigenvalue weighted by Gasteiger charge is 2.63. The summed E-state index contributed by atoms with van der Waals surface area (Å²) < 4.78 is 39.5. The molecule has 7 rings (SSSR count). The number of fused-ring (bicyclic) bond motifs is 3. The standard InChI is InChI=1S/C36H46N6O7S2/c1-34(2,3)28-21-50-32(39-28)37-25-14-9-7-5-6-8-12-22-19-36(22,31(45)41-51(46,47)35(4)16-17-35)40-29(43)26-18-23(20-42(26)30(25)44)48-33-38-24-13-10-11-15-27(24)49-33/h8,10-13,15,21-23,25-26H,5-7,9,14,16-20H2,1-4H3,(H,37,39)(H,40,43)(H,41,45)/b12-8-/t22-,23-,25+,26+,36-/m1/s1. The van der Waals surface area contributed by atoms with Crippen LogP contribution >= 0.6 is 11.3 Å². The fraction of sp³-hybridized carbons (Fsp3) is 0.583. The molecule has 3 fully saturated rings. The molecule has 4 heterocycles. The van der Waals surface area contributed by atoms with E-state index in [0.29, 0.717) is 35.5 Å². The smallest absolute Gasteiger partial charge is 0.394 e. The van der Waals surface area contributed by atoms with Crippen LogP contribution in [0.2, 0.25) is 0 Å². The number of ether oxygens (including phenoxy) is 1. The van der Waals surface area contributed by atoms with Crippen LogP contribution in [0.5, 0.6) is 6.08 Å². The first kappa shape index (κ1) is 35.4. The molecule has 1 aromatic carbocycles. The minimum atomic E-state index is -3.95. The first-order chi connectivity index (χ1) is 24.2. The SMILES string of the molecule is CC(C)(C)c1csc(N[C@H]2CCCCC/C=C\[C@@H]3C[C@@]3(C(=O)NS(=O)(=O)C3(C)CC3)NC(=O)[C@@H]3C[C@@H](Oc4nc5ccccc5o4)CN3C2=O)n1. The number of hydrogen-bond acceptors (Lipinski definition) is 11. The van der Waals surface area contributed by atoms with Gasteiger partial charge in [0.2, 0.25) is 21.8 Å². The Hall–Kier alpha value is -3.98. The maximum Gasteiger partial charge on any atom is 0.394 e. The maximum atomic E-state index is 14.6. The number of carbonyl (C=O) groups excluding carboxylic acids is 3. The van der Waals surface area contributed by atoms with Crippen molar-refractivity contribution in [3.05, 3.63) is 47.5 Å². The van der Waals surface area contributed by atoms with Gasteiger partial charge in [0.05, 0.1) is 17.0 Å². The van der Waals surface area contributed by atoms with E-state index in [-0.39, 0.29) is 42.7 Å². The third-order valence-electron chi connectivity index (χ3n) is 10.6. The summed E-state index contributed by atoms with van der Waals surface area (Å²) in [6.45, 7) is 7.93. The van der Waals surface area contributed by atoms with E-state index in [9.17, 15) is 22.8 Å². The van der Waals surface area contributed by atoms with E-state index in [4.69, 9.17) is 14.1 Å². The Labute approximate surface area is 302 Å². The Balaban J connectivity index is 1.18. The number of amides is 3.